The lowest BCUT2D eigenvalue weighted by atomic mass is 10.5. The maximum atomic E-state index is 5.01. The van der Waals surface area contributed by atoms with Crippen molar-refractivity contribution in [2.45, 2.75) is 6.42 Å². The summed E-state index contributed by atoms with van der Waals surface area (Å²) in [5, 5.41) is 0. The van der Waals surface area contributed by atoms with Crippen molar-refractivity contribution in [3.05, 3.63) is 6.92 Å². The molecule has 0 aromatic carbocycles. The first-order valence-corrected chi connectivity index (χ1v) is 1.92. The van der Waals surface area contributed by atoms with E-state index in [1.807, 2.05) is 0 Å². The van der Waals surface area contributed by atoms with E-state index in [0.29, 0.717) is 0 Å². The molecule has 0 aliphatic carbocycles. The second-order valence-corrected chi connectivity index (χ2v) is 1.00. The summed E-state index contributed by atoms with van der Waals surface area (Å²) in [6.07, 6.45) is 0.851. The number of nitrogens with one attached hydrogen (secondary N) is 1. The molecule has 1 N–H and O–H groups in total. The second kappa shape index (κ2) is 4.25. The molecule has 0 amide bonds. The zero-order valence-corrected chi connectivity index (χ0v) is 3.76. The van der Waals surface area contributed by atoms with Crippen LogP contribution in [0.15, 0.2) is 0 Å². The Bertz CT molecular complexity index is 14.4. The van der Waals surface area contributed by atoms with E-state index in [9.17, 15) is 0 Å². The smallest absolute Gasteiger partial charge is 0.0108 e. The Morgan fingerprint density at radius 2 is 2.40 bits per heavy atom. The predicted octanol–water partition coefficient (Wildman–Crippen LogP) is 0.954. The molecule has 2 heteroatoms. The highest BCUT2D eigenvalue weighted by Gasteiger charge is 1.67. The summed E-state index contributed by atoms with van der Waals surface area (Å²) in [6.45, 7) is 4.32. The SMILES string of the molecule is [CH2]CCNCl. The Balaban J connectivity index is 2.19. The van der Waals surface area contributed by atoms with E-state index in [2.05, 4.69) is 11.8 Å². The van der Waals surface area contributed by atoms with Crippen LogP contribution in [0.3, 0.4) is 0 Å². The van der Waals surface area contributed by atoms with Gasteiger partial charge in [-0.2, -0.15) is 0 Å². The average Bonchev–Trinajstić information content (AvgIpc) is 1.41. The average molecular weight is 92.5 g/mol. The summed E-state index contributed by atoms with van der Waals surface area (Å²) < 4.78 is 0. The molecule has 0 fully saturated rings. The van der Waals surface area contributed by atoms with Gasteiger partial charge in [0.1, 0.15) is 0 Å². The Kier molecular flexibility index (Phi) is 4.46. The monoisotopic (exact) mass is 92.0 g/mol. The lowest BCUT2D eigenvalue weighted by Gasteiger charge is -1.81. The van der Waals surface area contributed by atoms with Crippen molar-refractivity contribution in [2.75, 3.05) is 6.54 Å². The molecule has 0 aliphatic rings. The first kappa shape index (κ1) is 5.25. The minimum atomic E-state index is 0.793. The number of hydrogen-bond acceptors (Lipinski definition) is 1. The Hall–Kier alpha value is 0.250. The molecular formula is C3H7ClN. The van der Waals surface area contributed by atoms with Crippen LogP contribution in [0.25, 0.3) is 0 Å². The van der Waals surface area contributed by atoms with Gasteiger partial charge in [0.05, 0.1) is 0 Å². The highest BCUT2D eigenvalue weighted by atomic mass is 35.5. The molecule has 0 bridgehead atoms. The molecule has 1 nitrogen and oxygen atoms in total. The zero-order chi connectivity index (χ0) is 4.12. The van der Waals surface area contributed by atoms with Crippen molar-refractivity contribution in [2.24, 2.45) is 0 Å². The molecule has 0 saturated carbocycles. The lowest BCUT2D eigenvalue weighted by Crippen LogP contribution is -1.96. The fourth-order valence-corrected chi connectivity index (χ4v) is 0.200. The normalized spacial score (nSPS) is 8.40. The molecule has 0 aliphatic heterocycles. The van der Waals surface area contributed by atoms with Crippen LogP contribution >= 0.6 is 11.8 Å². The van der Waals surface area contributed by atoms with Crippen molar-refractivity contribution < 1.29 is 0 Å². The van der Waals surface area contributed by atoms with Crippen LogP contribution < -0.4 is 4.84 Å². The van der Waals surface area contributed by atoms with Gasteiger partial charge >= 0.3 is 0 Å². The standard InChI is InChI=1S/C3H7ClN/c1-2-3-5-4/h5H,1-3H2. The third-order valence-corrected chi connectivity index (χ3v) is 0.460. The molecule has 0 aromatic rings. The molecular weight excluding hydrogens is 85.5 g/mol. The van der Waals surface area contributed by atoms with Crippen molar-refractivity contribution >= 4 is 11.8 Å². The van der Waals surface area contributed by atoms with E-state index >= 15 is 0 Å². The first-order valence-electron chi connectivity index (χ1n) is 1.54. The summed E-state index contributed by atoms with van der Waals surface area (Å²) >= 11 is 5.01. The quantitative estimate of drug-likeness (QED) is 0.500. The van der Waals surface area contributed by atoms with E-state index in [1.165, 1.54) is 0 Å². The molecule has 0 rings (SSSR count). The van der Waals surface area contributed by atoms with Crippen LogP contribution in [0.1, 0.15) is 6.42 Å². The highest BCUT2D eigenvalue weighted by molar-refractivity contribution is 6.13. The maximum absolute atomic E-state index is 5.01. The van der Waals surface area contributed by atoms with Crippen LogP contribution in [0.4, 0.5) is 0 Å². The molecule has 0 heterocycles. The summed E-state index contributed by atoms with van der Waals surface area (Å²) in [4.78, 5) is 2.43. The topological polar surface area (TPSA) is 12.0 Å². The minimum Gasteiger partial charge on any atom is -0.234 e. The molecule has 0 atom stereocenters. The lowest BCUT2D eigenvalue weighted by molar-refractivity contribution is 0.925. The van der Waals surface area contributed by atoms with Crippen LogP contribution in [-0.4, -0.2) is 6.54 Å². The van der Waals surface area contributed by atoms with Gasteiger partial charge in [0.2, 0.25) is 0 Å². The number of rotatable bonds is 2. The minimum absolute atomic E-state index is 0.793. The van der Waals surface area contributed by atoms with Gasteiger partial charge in [0, 0.05) is 6.54 Å². The highest BCUT2D eigenvalue weighted by Crippen LogP contribution is 1.67. The Morgan fingerprint density at radius 3 is 2.40 bits per heavy atom. The van der Waals surface area contributed by atoms with E-state index in [0.717, 1.165) is 13.0 Å². The van der Waals surface area contributed by atoms with Gasteiger partial charge in [0.25, 0.3) is 0 Å². The van der Waals surface area contributed by atoms with Crippen LogP contribution in [0, 0.1) is 6.92 Å². The molecule has 5 heavy (non-hydrogen) atoms. The van der Waals surface area contributed by atoms with Crippen molar-refractivity contribution in [1.82, 2.24) is 4.84 Å². The Labute approximate surface area is 37.4 Å². The van der Waals surface area contributed by atoms with Gasteiger partial charge in [-0.25, -0.2) is 4.84 Å². The molecule has 1 radical (unpaired) electrons. The van der Waals surface area contributed by atoms with Crippen LogP contribution in [0.2, 0.25) is 0 Å². The summed E-state index contributed by atoms with van der Waals surface area (Å²) in [5.41, 5.74) is 0. The van der Waals surface area contributed by atoms with Gasteiger partial charge in [0.15, 0.2) is 0 Å². The van der Waals surface area contributed by atoms with Gasteiger partial charge in [-0.15, -0.1) is 0 Å². The van der Waals surface area contributed by atoms with Crippen molar-refractivity contribution in [3.8, 4) is 0 Å². The van der Waals surface area contributed by atoms with Crippen molar-refractivity contribution in [1.29, 1.82) is 0 Å². The molecule has 0 saturated heterocycles. The molecule has 0 spiro atoms. The van der Waals surface area contributed by atoms with Gasteiger partial charge in [-0.3, -0.25) is 0 Å². The summed E-state index contributed by atoms with van der Waals surface area (Å²) in [7, 11) is 0. The Morgan fingerprint density at radius 1 is 1.80 bits per heavy atom. The van der Waals surface area contributed by atoms with Gasteiger partial charge in [-0.05, 0) is 18.2 Å². The molecule has 0 aromatic heterocycles. The molecule has 0 unspecified atom stereocenters. The fourth-order valence-electron chi connectivity index (χ4n) is 0.0668. The van der Waals surface area contributed by atoms with E-state index in [4.69, 9.17) is 11.8 Å². The van der Waals surface area contributed by atoms with E-state index in [-0.39, 0.29) is 0 Å². The largest absolute Gasteiger partial charge is 0.234 e. The summed E-state index contributed by atoms with van der Waals surface area (Å²) in [5.74, 6) is 0. The summed E-state index contributed by atoms with van der Waals surface area (Å²) in [6, 6.07) is 0. The maximum Gasteiger partial charge on any atom is 0.0108 e. The fraction of sp³-hybridized carbons (Fsp3) is 0.667. The van der Waals surface area contributed by atoms with Gasteiger partial charge < -0.3 is 0 Å². The van der Waals surface area contributed by atoms with Crippen LogP contribution in [0.5, 0.6) is 0 Å². The third-order valence-electron chi connectivity index (χ3n) is 0.271. The second-order valence-electron chi connectivity index (χ2n) is 0.737. The number of halogens is 1. The van der Waals surface area contributed by atoms with Crippen molar-refractivity contribution in [3.63, 3.8) is 0 Å². The zero-order valence-electron chi connectivity index (χ0n) is 3.00. The third kappa shape index (κ3) is 4.25. The first-order chi connectivity index (χ1) is 2.41. The predicted molar refractivity (Wildman–Crippen MR) is 23.8 cm³/mol. The van der Waals surface area contributed by atoms with E-state index in [1.54, 1.807) is 0 Å². The van der Waals surface area contributed by atoms with Gasteiger partial charge in [-0.1, -0.05) is 6.92 Å². The van der Waals surface area contributed by atoms with Crippen LogP contribution in [-0.2, 0) is 0 Å². The van der Waals surface area contributed by atoms with E-state index < -0.39 is 0 Å². The molecule has 31 valence electrons. The number of hydrogen-bond donors (Lipinski definition) is 1.